The van der Waals surface area contributed by atoms with E-state index in [0.29, 0.717) is 19.8 Å². The van der Waals surface area contributed by atoms with Crippen molar-refractivity contribution in [3.63, 3.8) is 0 Å². The van der Waals surface area contributed by atoms with Crippen LogP contribution < -0.4 is 0 Å². The van der Waals surface area contributed by atoms with Crippen molar-refractivity contribution in [3.05, 3.63) is 0 Å². The second kappa shape index (κ2) is 8.23. The summed E-state index contributed by atoms with van der Waals surface area (Å²) in [6.45, 7) is 4.89. The fourth-order valence-corrected chi connectivity index (χ4v) is 0.916. The van der Waals surface area contributed by atoms with E-state index < -0.39 is 0 Å². The summed E-state index contributed by atoms with van der Waals surface area (Å²) in [5, 5.41) is 0. The molecule has 5 nitrogen and oxygen atoms in total. The van der Waals surface area contributed by atoms with Crippen molar-refractivity contribution in [2.75, 3.05) is 33.4 Å². The molecular weight excluding hydrogens is 198 g/mol. The zero-order valence-electron chi connectivity index (χ0n) is 9.62. The van der Waals surface area contributed by atoms with Gasteiger partial charge in [0.1, 0.15) is 6.61 Å². The van der Waals surface area contributed by atoms with E-state index in [-0.39, 0.29) is 24.9 Å². The molecule has 0 aliphatic carbocycles. The van der Waals surface area contributed by atoms with Crippen LogP contribution in [0.1, 0.15) is 20.3 Å². The van der Waals surface area contributed by atoms with Crippen LogP contribution in [0.5, 0.6) is 0 Å². The van der Waals surface area contributed by atoms with Crippen molar-refractivity contribution in [3.8, 4) is 0 Å². The van der Waals surface area contributed by atoms with Crippen LogP contribution in [-0.4, -0.2) is 50.2 Å². The molecule has 88 valence electrons. The number of carbonyl (C=O) groups is 2. The predicted molar refractivity (Wildman–Crippen MR) is 55.4 cm³/mol. The lowest BCUT2D eigenvalue weighted by Gasteiger charge is -2.16. The van der Waals surface area contributed by atoms with Gasteiger partial charge in [-0.1, -0.05) is 0 Å². The number of amides is 1. The van der Waals surface area contributed by atoms with Gasteiger partial charge < -0.3 is 14.4 Å². The minimum atomic E-state index is -0.284. The van der Waals surface area contributed by atoms with Gasteiger partial charge in [0.05, 0.1) is 13.0 Å². The molecule has 0 bridgehead atoms. The van der Waals surface area contributed by atoms with Crippen LogP contribution in [0.15, 0.2) is 0 Å². The first kappa shape index (κ1) is 13.9. The molecule has 0 aliphatic heterocycles. The number of hydrogen-bond acceptors (Lipinski definition) is 4. The van der Waals surface area contributed by atoms with Crippen LogP contribution >= 0.6 is 0 Å². The zero-order valence-corrected chi connectivity index (χ0v) is 9.62. The molecule has 1 amide bonds. The van der Waals surface area contributed by atoms with Crippen LogP contribution in [0.2, 0.25) is 0 Å². The summed E-state index contributed by atoms with van der Waals surface area (Å²) >= 11 is 0. The van der Waals surface area contributed by atoms with E-state index >= 15 is 0 Å². The average Bonchev–Trinajstić information content (AvgIpc) is 2.22. The Labute approximate surface area is 90.3 Å². The lowest BCUT2D eigenvalue weighted by molar-refractivity contribution is -0.144. The Bertz CT molecular complexity index is 206. The Morgan fingerprint density at radius 3 is 2.40 bits per heavy atom. The Balaban J connectivity index is 3.67. The van der Waals surface area contributed by atoms with E-state index in [1.165, 1.54) is 4.90 Å². The maximum atomic E-state index is 11.3. The molecule has 0 aromatic carbocycles. The van der Waals surface area contributed by atoms with E-state index in [4.69, 9.17) is 9.47 Å². The van der Waals surface area contributed by atoms with Crippen LogP contribution in [-0.2, 0) is 19.1 Å². The van der Waals surface area contributed by atoms with Gasteiger partial charge in [0.15, 0.2) is 0 Å². The molecule has 0 radical (unpaired) electrons. The second-order valence-electron chi connectivity index (χ2n) is 3.01. The minimum Gasteiger partial charge on any atom is -0.466 e. The average molecular weight is 217 g/mol. The third-order valence-corrected chi connectivity index (χ3v) is 1.81. The van der Waals surface area contributed by atoms with Crippen molar-refractivity contribution >= 4 is 11.9 Å². The fourth-order valence-electron chi connectivity index (χ4n) is 0.916. The van der Waals surface area contributed by atoms with E-state index in [9.17, 15) is 9.59 Å². The summed E-state index contributed by atoms with van der Waals surface area (Å²) in [5.74, 6) is -0.408. The van der Waals surface area contributed by atoms with Gasteiger partial charge in [-0.05, 0) is 13.8 Å². The summed E-state index contributed by atoms with van der Waals surface area (Å²) in [6.07, 6.45) is 0.224. The van der Waals surface area contributed by atoms with Crippen molar-refractivity contribution in [1.29, 1.82) is 0 Å². The van der Waals surface area contributed by atoms with E-state index in [1.807, 2.05) is 6.92 Å². The lowest BCUT2D eigenvalue weighted by atomic mass is 10.4. The van der Waals surface area contributed by atoms with Gasteiger partial charge in [-0.3, -0.25) is 9.59 Å². The molecule has 0 spiro atoms. The Kier molecular flexibility index (Phi) is 7.62. The predicted octanol–water partition coefficient (Wildman–Crippen LogP) is 0.435. The quantitative estimate of drug-likeness (QED) is 0.580. The lowest BCUT2D eigenvalue weighted by Crippen LogP contribution is -2.32. The van der Waals surface area contributed by atoms with Gasteiger partial charge in [0.2, 0.25) is 5.91 Å². The molecule has 0 aliphatic rings. The highest BCUT2D eigenvalue weighted by Gasteiger charge is 2.10. The molecular formula is C10H19NO4. The molecule has 0 aromatic heterocycles. The van der Waals surface area contributed by atoms with E-state index in [2.05, 4.69) is 0 Å². The number of hydrogen-bond donors (Lipinski definition) is 0. The van der Waals surface area contributed by atoms with Crippen molar-refractivity contribution in [2.45, 2.75) is 20.3 Å². The molecule has 0 rings (SSSR count). The van der Waals surface area contributed by atoms with Crippen molar-refractivity contribution in [1.82, 2.24) is 4.90 Å². The van der Waals surface area contributed by atoms with E-state index in [0.717, 1.165) is 0 Å². The highest BCUT2D eigenvalue weighted by molar-refractivity contribution is 5.78. The summed E-state index contributed by atoms with van der Waals surface area (Å²) < 4.78 is 9.71. The molecule has 0 saturated heterocycles. The number of esters is 1. The van der Waals surface area contributed by atoms with Crippen LogP contribution in [0, 0.1) is 0 Å². The van der Waals surface area contributed by atoms with Gasteiger partial charge in [0, 0.05) is 20.2 Å². The van der Waals surface area contributed by atoms with Gasteiger partial charge >= 0.3 is 5.97 Å². The van der Waals surface area contributed by atoms with Crippen molar-refractivity contribution in [2.24, 2.45) is 0 Å². The first-order chi connectivity index (χ1) is 7.11. The maximum absolute atomic E-state index is 11.3. The minimum absolute atomic E-state index is 0.0653. The first-order valence-corrected chi connectivity index (χ1v) is 5.09. The van der Waals surface area contributed by atoms with Crippen molar-refractivity contribution < 1.29 is 19.1 Å². The molecule has 0 N–H and O–H groups in total. The molecule has 0 atom stereocenters. The number of nitrogens with zero attached hydrogens (tertiary/aromatic N) is 1. The summed E-state index contributed by atoms with van der Waals surface area (Å²) in [6, 6.07) is 0. The third-order valence-electron chi connectivity index (χ3n) is 1.81. The second-order valence-corrected chi connectivity index (χ2v) is 3.01. The highest BCUT2D eigenvalue weighted by atomic mass is 16.5. The Hall–Kier alpha value is -1.10. The summed E-state index contributed by atoms with van der Waals surface area (Å²) in [7, 11) is 1.64. The van der Waals surface area contributed by atoms with Gasteiger partial charge in [-0.15, -0.1) is 0 Å². The van der Waals surface area contributed by atoms with Crippen LogP contribution in [0.25, 0.3) is 0 Å². The maximum Gasteiger partial charge on any atom is 0.307 e. The largest absolute Gasteiger partial charge is 0.466 e. The SMILES string of the molecule is CCOCC(=O)N(C)CCC(=O)OCC. The number of rotatable bonds is 7. The summed E-state index contributed by atoms with van der Waals surface area (Å²) in [4.78, 5) is 23.8. The normalized spacial score (nSPS) is 9.80. The van der Waals surface area contributed by atoms with Crippen LogP contribution in [0.4, 0.5) is 0 Å². The van der Waals surface area contributed by atoms with E-state index in [1.54, 1.807) is 14.0 Å². The molecule has 15 heavy (non-hydrogen) atoms. The zero-order chi connectivity index (χ0) is 11.7. The Morgan fingerprint density at radius 1 is 1.20 bits per heavy atom. The molecule has 0 fully saturated rings. The topological polar surface area (TPSA) is 55.8 Å². The van der Waals surface area contributed by atoms with Crippen LogP contribution in [0.3, 0.4) is 0 Å². The Morgan fingerprint density at radius 2 is 1.87 bits per heavy atom. The molecule has 0 saturated carbocycles. The summed E-state index contributed by atoms with van der Waals surface area (Å²) in [5.41, 5.74) is 0. The smallest absolute Gasteiger partial charge is 0.307 e. The number of carbonyl (C=O) groups excluding carboxylic acids is 2. The number of likely N-dealkylation sites (N-methyl/N-ethyl adjacent to an activating group) is 1. The fraction of sp³-hybridized carbons (Fsp3) is 0.800. The van der Waals surface area contributed by atoms with Gasteiger partial charge in [-0.2, -0.15) is 0 Å². The molecule has 5 heteroatoms. The monoisotopic (exact) mass is 217 g/mol. The third kappa shape index (κ3) is 6.90. The molecule has 0 heterocycles. The molecule has 0 aromatic rings. The highest BCUT2D eigenvalue weighted by Crippen LogP contribution is 1.92. The van der Waals surface area contributed by atoms with Gasteiger partial charge in [0.25, 0.3) is 0 Å². The standard InChI is InChI=1S/C10H19NO4/c1-4-14-8-9(12)11(3)7-6-10(13)15-5-2/h4-8H2,1-3H3. The number of ether oxygens (including phenoxy) is 2. The first-order valence-electron chi connectivity index (χ1n) is 5.09. The van der Waals surface area contributed by atoms with Gasteiger partial charge in [-0.25, -0.2) is 0 Å². The molecule has 0 unspecified atom stereocenters.